The maximum atomic E-state index is 13.5. The van der Waals surface area contributed by atoms with E-state index in [1.54, 1.807) is 0 Å². The van der Waals surface area contributed by atoms with Crippen LogP contribution in [-0.4, -0.2) is 20.5 Å². The van der Waals surface area contributed by atoms with Crippen LogP contribution in [0.25, 0.3) is 0 Å². The number of carbonyl (C=O) groups is 2. The number of hydrogen-bond donors (Lipinski definition) is 0. The fourth-order valence-corrected chi connectivity index (χ4v) is 5.80. The molecular formula is C18H6Cl2F2N2O2S4. The summed E-state index contributed by atoms with van der Waals surface area (Å²) in [4.78, 5) is 28.6. The minimum absolute atomic E-state index is 0.0912. The van der Waals surface area contributed by atoms with E-state index in [1.165, 1.54) is 34.1 Å². The van der Waals surface area contributed by atoms with Crippen molar-refractivity contribution in [2.45, 2.75) is 0 Å². The van der Waals surface area contributed by atoms with Gasteiger partial charge in [-0.05, 0) is 36.4 Å². The van der Waals surface area contributed by atoms with Gasteiger partial charge in [-0.2, -0.15) is 0 Å². The zero-order valence-corrected chi connectivity index (χ0v) is 19.1. The van der Waals surface area contributed by atoms with Crippen LogP contribution in [0.5, 0.6) is 0 Å². The van der Waals surface area contributed by atoms with Crippen molar-refractivity contribution in [1.29, 1.82) is 0 Å². The average molecular weight is 519 g/mol. The van der Waals surface area contributed by atoms with Crippen LogP contribution in [-0.2, 0) is 9.59 Å². The van der Waals surface area contributed by atoms with Crippen molar-refractivity contribution < 1.29 is 18.4 Å². The third-order valence-electron chi connectivity index (χ3n) is 4.07. The molecule has 2 amide bonds. The molecule has 2 aromatic rings. The largest absolute Gasteiger partial charge is 0.272 e. The van der Waals surface area contributed by atoms with Gasteiger partial charge in [-0.3, -0.25) is 19.4 Å². The molecule has 4 rings (SSSR count). The van der Waals surface area contributed by atoms with Crippen LogP contribution in [0.4, 0.5) is 20.2 Å². The van der Waals surface area contributed by atoms with Crippen molar-refractivity contribution in [3.05, 3.63) is 67.9 Å². The van der Waals surface area contributed by atoms with Crippen LogP contribution in [0.1, 0.15) is 0 Å². The first-order valence-electron chi connectivity index (χ1n) is 7.96. The Morgan fingerprint density at radius 2 is 1.10 bits per heavy atom. The lowest BCUT2D eigenvalue weighted by Crippen LogP contribution is -2.29. The zero-order chi connectivity index (χ0) is 21.7. The molecule has 4 nitrogen and oxygen atoms in total. The summed E-state index contributed by atoms with van der Waals surface area (Å²) in [6.45, 7) is 0. The molecule has 2 fully saturated rings. The molecule has 2 heterocycles. The number of anilines is 2. The average Bonchev–Trinajstić information content (AvgIpc) is 3.15. The summed E-state index contributed by atoms with van der Waals surface area (Å²) in [7, 11) is 0. The number of amides is 2. The van der Waals surface area contributed by atoms with E-state index >= 15 is 0 Å². The van der Waals surface area contributed by atoms with Crippen molar-refractivity contribution in [3.63, 3.8) is 0 Å². The van der Waals surface area contributed by atoms with Gasteiger partial charge < -0.3 is 0 Å². The Hall–Kier alpha value is -1.56. The van der Waals surface area contributed by atoms with Crippen molar-refractivity contribution >= 4 is 103 Å². The van der Waals surface area contributed by atoms with E-state index in [0.717, 1.165) is 35.7 Å². The van der Waals surface area contributed by atoms with E-state index < -0.39 is 23.4 Å². The van der Waals surface area contributed by atoms with E-state index in [1.807, 2.05) is 0 Å². The van der Waals surface area contributed by atoms with Gasteiger partial charge in [0.25, 0.3) is 11.8 Å². The second-order valence-corrected chi connectivity index (χ2v) is 9.97. The Morgan fingerprint density at radius 1 is 0.733 bits per heavy atom. The Balaban J connectivity index is 1.71. The molecule has 0 N–H and O–H groups in total. The van der Waals surface area contributed by atoms with Gasteiger partial charge in [0.1, 0.15) is 11.6 Å². The van der Waals surface area contributed by atoms with E-state index in [-0.39, 0.29) is 39.9 Å². The molecule has 0 aromatic heterocycles. The first kappa shape index (κ1) is 21.7. The minimum atomic E-state index is -0.635. The SMILES string of the molecule is O=C1/C(=C2\SC(=S)N(c3ccc(F)c(Cl)c3)C2=O)SC(=S)N1c1ccc(F)c(Cl)c1. The van der Waals surface area contributed by atoms with Crippen molar-refractivity contribution in [2.75, 3.05) is 9.80 Å². The molecule has 0 radical (unpaired) electrons. The fraction of sp³-hybridized carbons (Fsp3) is 0. The molecule has 0 aliphatic carbocycles. The normalized spacial score (nSPS) is 19.5. The molecule has 2 saturated heterocycles. The second-order valence-electron chi connectivity index (χ2n) is 5.87. The summed E-state index contributed by atoms with van der Waals surface area (Å²) >= 11 is 24.0. The minimum Gasteiger partial charge on any atom is -0.268 e. The zero-order valence-electron chi connectivity index (χ0n) is 14.3. The Kier molecular flexibility index (Phi) is 5.90. The summed E-state index contributed by atoms with van der Waals surface area (Å²) < 4.78 is 27.3. The lowest BCUT2D eigenvalue weighted by atomic mass is 10.2. The number of carbonyl (C=O) groups excluding carboxylic acids is 2. The number of nitrogens with zero attached hydrogens (tertiary/aromatic N) is 2. The van der Waals surface area contributed by atoms with E-state index in [2.05, 4.69) is 0 Å². The van der Waals surface area contributed by atoms with Gasteiger partial charge in [0.15, 0.2) is 8.64 Å². The number of thiocarbonyl (C=S) groups is 2. The molecule has 0 atom stereocenters. The van der Waals surface area contributed by atoms with Crippen LogP contribution < -0.4 is 9.80 Å². The quantitative estimate of drug-likeness (QED) is 0.363. The van der Waals surface area contributed by atoms with E-state index in [9.17, 15) is 18.4 Å². The Bertz CT molecular complexity index is 1110. The monoisotopic (exact) mass is 518 g/mol. The standard InChI is InChI=1S/C18H6Cl2F2N2O2S4/c19-9-5-7(1-3-11(9)21)23-15(25)13(29-17(23)27)14-16(26)24(18(28)30-14)8-2-4-12(22)10(20)6-8/h1-6H/b14-13+. The fourth-order valence-electron chi connectivity index (χ4n) is 2.70. The van der Waals surface area contributed by atoms with Crippen LogP contribution >= 0.6 is 71.2 Å². The molecule has 0 bridgehead atoms. The predicted molar refractivity (Wildman–Crippen MR) is 125 cm³/mol. The third-order valence-corrected chi connectivity index (χ3v) is 7.52. The molecule has 2 aliphatic heterocycles. The van der Waals surface area contributed by atoms with E-state index in [0.29, 0.717) is 0 Å². The summed E-state index contributed by atoms with van der Waals surface area (Å²) in [6.07, 6.45) is 0. The number of hydrogen-bond acceptors (Lipinski definition) is 6. The lowest BCUT2D eigenvalue weighted by molar-refractivity contribution is -0.115. The molecule has 12 heteroatoms. The van der Waals surface area contributed by atoms with Gasteiger partial charge >= 0.3 is 0 Å². The van der Waals surface area contributed by atoms with Crippen LogP contribution in [0.15, 0.2) is 46.2 Å². The molecule has 2 aromatic carbocycles. The van der Waals surface area contributed by atoms with Gasteiger partial charge in [0, 0.05) is 0 Å². The topological polar surface area (TPSA) is 40.6 Å². The third kappa shape index (κ3) is 3.65. The van der Waals surface area contributed by atoms with Crippen molar-refractivity contribution in [3.8, 4) is 0 Å². The maximum Gasteiger partial charge on any atom is 0.272 e. The summed E-state index contributed by atoms with van der Waals surface area (Å²) in [5.41, 5.74) is 0.555. The molecular weight excluding hydrogens is 513 g/mol. The first-order valence-corrected chi connectivity index (χ1v) is 11.2. The molecule has 0 unspecified atom stereocenters. The highest BCUT2D eigenvalue weighted by molar-refractivity contribution is 8.30. The van der Waals surface area contributed by atoms with Gasteiger partial charge in [-0.25, -0.2) is 8.78 Å². The Morgan fingerprint density at radius 3 is 1.43 bits per heavy atom. The van der Waals surface area contributed by atoms with Crippen LogP contribution in [0, 0.1) is 11.6 Å². The maximum absolute atomic E-state index is 13.5. The van der Waals surface area contributed by atoms with Crippen molar-refractivity contribution in [1.82, 2.24) is 0 Å². The summed E-state index contributed by atoms with van der Waals surface area (Å²) in [5, 5.41) is -0.331. The highest BCUT2D eigenvalue weighted by Crippen LogP contribution is 2.45. The first-order chi connectivity index (χ1) is 14.2. The number of halogens is 4. The molecule has 152 valence electrons. The number of benzene rings is 2. The van der Waals surface area contributed by atoms with Crippen LogP contribution in [0.2, 0.25) is 10.0 Å². The number of thioether (sulfide) groups is 2. The Labute approximate surface area is 198 Å². The molecule has 30 heavy (non-hydrogen) atoms. The van der Waals surface area contributed by atoms with Crippen molar-refractivity contribution in [2.24, 2.45) is 0 Å². The molecule has 0 spiro atoms. The highest BCUT2D eigenvalue weighted by Gasteiger charge is 2.43. The lowest BCUT2D eigenvalue weighted by Gasteiger charge is -2.15. The van der Waals surface area contributed by atoms with Gasteiger partial charge in [0.2, 0.25) is 0 Å². The van der Waals surface area contributed by atoms with Gasteiger partial charge in [-0.1, -0.05) is 71.2 Å². The predicted octanol–water partition coefficient (Wildman–Crippen LogP) is 5.91. The number of rotatable bonds is 2. The van der Waals surface area contributed by atoms with Gasteiger partial charge in [0.05, 0.1) is 31.2 Å². The van der Waals surface area contributed by atoms with Gasteiger partial charge in [-0.15, -0.1) is 0 Å². The summed E-state index contributed by atoms with van der Waals surface area (Å²) in [6, 6.07) is 7.51. The highest BCUT2D eigenvalue weighted by atomic mass is 35.5. The smallest absolute Gasteiger partial charge is 0.268 e. The molecule has 0 saturated carbocycles. The summed E-state index contributed by atoms with van der Waals surface area (Å²) in [5.74, 6) is -2.37. The molecule has 2 aliphatic rings. The van der Waals surface area contributed by atoms with E-state index in [4.69, 9.17) is 47.6 Å². The second kappa shape index (κ2) is 8.18. The van der Waals surface area contributed by atoms with Crippen LogP contribution in [0.3, 0.4) is 0 Å².